The molecule has 5 nitrogen and oxygen atoms in total. The Balaban J connectivity index is 0.987. The highest BCUT2D eigenvalue weighted by Gasteiger charge is 2.48. The molecule has 2 aliphatic heterocycles. The maximum absolute atomic E-state index is 11.9. The van der Waals surface area contributed by atoms with Crippen LogP contribution in [-0.2, 0) is 4.79 Å². The zero-order chi connectivity index (χ0) is 22.1. The third kappa shape index (κ3) is 4.70. The van der Waals surface area contributed by atoms with E-state index in [9.17, 15) is 4.79 Å². The largest absolute Gasteiger partial charge is 0.494 e. The molecule has 2 unspecified atom stereocenters. The van der Waals surface area contributed by atoms with E-state index in [4.69, 9.17) is 27.9 Å². The lowest BCUT2D eigenvalue weighted by Gasteiger charge is -2.36. The van der Waals surface area contributed by atoms with E-state index < -0.39 is 0 Å². The van der Waals surface area contributed by atoms with Crippen molar-refractivity contribution in [1.29, 1.82) is 0 Å². The number of halogens is 2. The van der Waals surface area contributed by atoms with Crippen LogP contribution in [0.4, 0.5) is 11.4 Å². The molecule has 1 N–H and O–H groups in total. The molecular formula is C25H29Cl2N3O2. The molecule has 2 fully saturated rings. The monoisotopic (exact) mass is 473 g/mol. The predicted molar refractivity (Wildman–Crippen MR) is 130 cm³/mol. The van der Waals surface area contributed by atoms with E-state index in [-0.39, 0.29) is 11.8 Å². The lowest BCUT2D eigenvalue weighted by molar-refractivity contribution is -0.117. The quantitative estimate of drug-likeness (QED) is 0.519. The zero-order valence-corrected chi connectivity index (χ0v) is 19.7. The van der Waals surface area contributed by atoms with Gasteiger partial charge in [0.1, 0.15) is 5.75 Å². The summed E-state index contributed by atoms with van der Waals surface area (Å²) in [6.07, 6.45) is 4.34. The maximum Gasteiger partial charge on any atom is 0.228 e. The van der Waals surface area contributed by atoms with Gasteiger partial charge < -0.3 is 15.0 Å². The Morgan fingerprint density at radius 2 is 1.84 bits per heavy atom. The Labute approximate surface area is 199 Å². The molecule has 2 heterocycles. The minimum Gasteiger partial charge on any atom is -0.494 e. The highest BCUT2D eigenvalue weighted by Crippen LogP contribution is 2.53. The van der Waals surface area contributed by atoms with Crippen molar-refractivity contribution in [1.82, 2.24) is 4.90 Å². The second-order valence-corrected chi connectivity index (χ2v) is 9.78. The van der Waals surface area contributed by atoms with E-state index in [1.807, 2.05) is 30.3 Å². The summed E-state index contributed by atoms with van der Waals surface area (Å²) < 4.78 is 5.94. The number of benzene rings is 2. The van der Waals surface area contributed by atoms with E-state index in [0.29, 0.717) is 22.6 Å². The number of carbonyl (C=O) groups is 1. The summed E-state index contributed by atoms with van der Waals surface area (Å²) in [7, 11) is 0. The van der Waals surface area contributed by atoms with Crippen molar-refractivity contribution in [2.24, 2.45) is 5.92 Å². The molecule has 0 radical (unpaired) electrons. The smallest absolute Gasteiger partial charge is 0.228 e. The second-order valence-electron chi connectivity index (χ2n) is 9.00. The fraction of sp³-hybridized carbons (Fsp3) is 0.480. The van der Waals surface area contributed by atoms with Gasteiger partial charge in [-0.05, 0) is 61.9 Å². The van der Waals surface area contributed by atoms with E-state index in [2.05, 4.69) is 21.2 Å². The highest BCUT2D eigenvalue weighted by atomic mass is 35.5. The third-order valence-electron chi connectivity index (χ3n) is 6.84. The molecule has 2 aromatic rings. The number of hydrogen-bond acceptors (Lipinski definition) is 4. The zero-order valence-electron chi connectivity index (χ0n) is 18.2. The van der Waals surface area contributed by atoms with Gasteiger partial charge in [-0.2, -0.15) is 0 Å². The molecule has 2 atom stereocenters. The van der Waals surface area contributed by atoms with Gasteiger partial charge in [0, 0.05) is 43.9 Å². The van der Waals surface area contributed by atoms with Crippen molar-refractivity contribution in [2.45, 2.75) is 31.6 Å². The van der Waals surface area contributed by atoms with Crippen LogP contribution in [0.15, 0.2) is 36.4 Å². The van der Waals surface area contributed by atoms with Gasteiger partial charge in [-0.1, -0.05) is 35.3 Å². The summed E-state index contributed by atoms with van der Waals surface area (Å²) >= 11 is 12.5. The fourth-order valence-electron chi connectivity index (χ4n) is 4.86. The Hall–Kier alpha value is -1.95. The topological polar surface area (TPSA) is 44.8 Å². The number of nitrogens with zero attached hydrogens (tertiary/aromatic N) is 2. The molecule has 1 saturated heterocycles. The SMILES string of the molecule is O=C1Nc2cc(OCCCCCN3CCN(c4cccc(Cl)c4Cl)CC3)ccc2C2CC12. The Morgan fingerprint density at radius 3 is 2.69 bits per heavy atom. The number of rotatable bonds is 8. The number of carbonyl (C=O) groups excluding carboxylic acids is 1. The van der Waals surface area contributed by atoms with Gasteiger partial charge in [-0.25, -0.2) is 0 Å². The van der Waals surface area contributed by atoms with Crippen molar-refractivity contribution < 1.29 is 9.53 Å². The Kier molecular flexibility index (Phi) is 6.49. The number of amides is 1. The van der Waals surface area contributed by atoms with Crippen molar-refractivity contribution in [3.8, 4) is 5.75 Å². The van der Waals surface area contributed by atoms with Crippen LogP contribution in [0.5, 0.6) is 5.75 Å². The lowest BCUT2D eigenvalue weighted by atomic mass is 10.0. The average Bonchev–Trinajstić information content (AvgIpc) is 3.60. The molecule has 170 valence electrons. The van der Waals surface area contributed by atoms with E-state index in [0.717, 1.165) is 69.1 Å². The van der Waals surface area contributed by atoms with Crippen LogP contribution in [0.1, 0.15) is 37.2 Å². The van der Waals surface area contributed by atoms with Crippen LogP contribution in [0.2, 0.25) is 10.0 Å². The van der Waals surface area contributed by atoms with Crippen molar-refractivity contribution in [2.75, 3.05) is 49.5 Å². The van der Waals surface area contributed by atoms with Crippen molar-refractivity contribution in [3.63, 3.8) is 0 Å². The number of piperazine rings is 1. The Morgan fingerprint density at radius 1 is 1.00 bits per heavy atom. The van der Waals surface area contributed by atoms with E-state index in [1.54, 1.807) is 0 Å². The van der Waals surface area contributed by atoms with Gasteiger partial charge in [-0.3, -0.25) is 9.69 Å². The molecule has 5 rings (SSSR count). The number of unbranched alkanes of at least 4 members (excludes halogenated alkanes) is 2. The highest BCUT2D eigenvalue weighted by molar-refractivity contribution is 6.43. The van der Waals surface area contributed by atoms with Crippen LogP contribution < -0.4 is 15.0 Å². The molecule has 0 aromatic heterocycles. The first-order valence-electron chi connectivity index (χ1n) is 11.6. The number of anilines is 2. The fourth-order valence-corrected chi connectivity index (χ4v) is 5.28. The number of ether oxygens (including phenoxy) is 1. The van der Waals surface area contributed by atoms with Crippen LogP contribution in [-0.4, -0.2) is 50.1 Å². The molecule has 32 heavy (non-hydrogen) atoms. The minimum absolute atomic E-state index is 0.163. The van der Waals surface area contributed by atoms with Gasteiger partial charge in [0.2, 0.25) is 5.91 Å². The molecule has 2 aromatic carbocycles. The van der Waals surface area contributed by atoms with Gasteiger partial charge in [-0.15, -0.1) is 0 Å². The molecule has 7 heteroatoms. The summed E-state index contributed by atoms with van der Waals surface area (Å²) in [5, 5.41) is 4.29. The summed E-state index contributed by atoms with van der Waals surface area (Å²) in [5.74, 6) is 1.64. The number of nitrogens with one attached hydrogen (secondary N) is 1. The first-order chi connectivity index (χ1) is 15.6. The molecular weight excluding hydrogens is 445 g/mol. The van der Waals surface area contributed by atoms with Gasteiger partial charge >= 0.3 is 0 Å². The molecule has 0 spiro atoms. The maximum atomic E-state index is 11.9. The van der Waals surface area contributed by atoms with Crippen LogP contribution in [0, 0.1) is 5.92 Å². The van der Waals surface area contributed by atoms with Crippen molar-refractivity contribution in [3.05, 3.63) is 52.0 Å². The summed E-state index contributed by atoms with van der Waals surface area (Å²) in [5.41, 5.74) is 3.23. The minimum atomic E-state index is 0.163. The molecule has 3 aliphatic rings. The summed E-state index contributed by atoms with van der Waals surface area (Å²) in [6, 6.07) is 12.0. The third-order valence-corrected chi connectivity index (χ3v) is 7.65. The number of hydrogen-bond donors (Lipinski definition) is 1. The summed E-state index contributed by atoms with van der Waals surface area (Å²) in [4.78, 5) is 16.8. The molecule has 1 saturated carbocycles. The second kappa shape index (κ2) is 9.50. The normalized spacial score (nSPS) is 22.2. The lowest BCUT2D eigenvalue weighted by Crippen LogP contribution is -2.46. The van der Waals surface area contributed by atoms with Crippen LogP contribution >= 0.6 is 23.2 Å². The standard InChI is InChI=1S/C25H29Cl2N3O2/c26-21-5-4-6-23(24(21)27)30-12-10-29(11-13-30)9-2-1-3-14-32-17-7-8-18-19-16-20(19)25(31)28-22(18)15-17/h4-8,15,19-20H,1-3,9-14,16H2,(H,28,31). The van der Waals surface area contributed by atoms with Gasteiger partial charge in [0.15, 0.2) is 0 Å². The predicted octanol–water partition coefficient (Wildman–Crippen LogP) is 5.42. The summed E-state index contributed by atoms with van der Waals surface area (Å²) in [6.45, 7) is 5.85. The van der Waals surface area contributed by atoms with Gasteiger partial charge in [0.25, 0.3) is 0 Å². The van der Waals surface area contributed by atoms with Gasteiger partial charge in [0.05, 0.1) is 22.3 Å². The van der Waals surface area contributed by atoms with Crippen molar-refractivity contribution >= 4 is 40.5 Å². The Bertz CT molecular complexity index is 991. The average molecular weight is 474 g/mol. The number of fused-ring (bicyclic) bond motifs is 3. The molecule has 0 bridgehead atoms. The molecule has 1 amide bonds. The van der Waals surface area contributed by atoms with E-state index >= 15 is 0 Å². The van der Waals surface area contributed by atoms with E-state index in [1.165, 1.54) is 12.0 Å². The van der Waals surface area contributed by atoms with Crippen LogP contribution in [0.3, 0.4) is 0 Å². The molecule has 1 aliphatic carbocycles. The van der Waals surface area contributed by atoms with Crippen LogP contribution in [0.25, 0.3) is 0 Å². The first kappa shape index (κ1) is 21.9. The first-order valence-corrected chi connectivity index (χ1v) is 12.3.